The number of anilines is 1. The molecule has 3 heterocycles. The molecule has 1 fully saturated rings. The normalized spacial score (nSPS) is 20.1. The summed E-state index contributed by atoms with van der Waals surface area (Å²) in [5, 5.41) is 18.1. The van der Waals surface area contributed by atoms with Gasteiger partial charge in [0.15, 0.2) is 5.82 Å². The molecule has 2 aromatic heterocycles. The van der Waals surface area contributed by atoms with Gasteiger partial charge in [0.1, 0.15) is 0 Å². The first kappa shape index (κ1) is 11.2. The molecule has 0 amide bonds. The Morgan fingerprint density at radius 2 is 2.22 bits per heavy atom. The summed E-state index contributed by atoms with van der Waals surface area (Å²) in [6.07, 6.45) is 5.40. The number of H-pyrrole nitrogens is 1. The average Bonchev–Trinajstić information content (AvgIpc) is 2.93. The molecule has 94 valence electrons. The summed E-state index contributed by atoms with van der Waals surface area (Å²) in [7, 11) is 0. The molecular formula is C13H16N4O. The van der Waals surface area contributed by atoms with Crippen LogP contribution in [0.15, 0.2) is 30.6 Å². The molecule has 5 heteroatoms. The van der Waals surface area contributed by atoms with Crippen molar-refractivity contribution in [2.45, 2.75) is 18.9 Å². The first-order chi connectivity index (χ1) is 8.83. The van der Waals surface area contributed by atoms with Crippen LogP contribution in [-0.4, -0.2) is 39.5 Å². The van der Waals surface area contributed by atoms with Gasteiger partial charge in [0.2, 0.25) is 0 Å². The molecule has 18 heavy (non-hydrogen) atoms. The van der Waals surface area contributed by atoms with Crippen LogP contribution in [0.5, 0.6) is 0 Å². The zero-order chi connectivity index (χ0) is 12.4. The van der Waals surface area contributed by atoms with Gasteiger partial charge in [-0.15, -0.1) is 10.2 Å². The second-order valence-corrected chi connectivity index (χ2v) is 4.62. The van der Waals surface area contributed by atoms with Gasteiger partial charge in [0, 0.05) is 31.0 Å². The molecule has 1 saturated heterocycles. The molecular weight excluding hydrogens is 228 g/mol. The van der Waals surface area contributed by atoms with Crippen molar-refractivity contribution in [3.63, 3.8) is 0 Å². The Morgan fingerprint density at radius 3 is 2.89 bits per heavy atom. The lowest BCUT2D eigenvalue weighted by atomic mass is 10.1. The monoisotopic (exact) mass is 244 g/mol. The molecule has 0 saturated carbocycles. The Labute approximate surface area is 105 Å². The molecule has 0 spiro atoms. The van der Waals surface area contributed by atoms with Crippen molar-refractivity contribution < 1.29 is 5.11 Å². The topological polar surface area (TPSA) is 65.0 Å². The zero-order valence-electron chi connectivity index (χ0n) is 10.1. The molecule has 1 aliphatic heterocycles. The van der Waals surface area contributed by atoms with Gasteiger partial charge in [-0.05, 0) is 31.0 Å². The predicted molar refractivity (Wildman–Crippen MR) is 69.3 cm³/mol. The smallest absolute Gasteiger partial charge is 0.151 e. The Bertz CT molecular complexity index is 494. The number of aromatic amines is 1. The maximum Gasteiger partial charge on any atom is 0.151 e. The van der Waals surface area contributed by atoms with E-state index in [2.05, 4.69) is 20.1 Å². The van der Waals surface area contributed by atoms with Crippen LogP contribution in [-0.2, 0) is 0 Å². The van der Waals surface area contributed by atoms with Gasteiger partial charge in [-0.25, -0.2) is 0 Å². The van der Waals surface area contributed by atoms with Crippen LogP contribution < -0.4 is 4.90 Å². The molecule has 0 aromatic carbocycles. The van der Waals surface area contributed by atoms with E-state index >= 15 is 0 Å². The number of hydrogen-bond donors (Lipinski definition) is 2. The van der Waals surface area contributed by atoms with Gasteiger partial charge < -0.3 is 15.0 Å². The summed E-state index contributed by atoms with van der Waals surface area (Å²) < 4.78 is 0. The average molecular weight is 244 g/mol. The fraction of sp³-hybridized carbons (Fsp3) is 0.385. The SMILES string of the molecule is OC1CCCN(c2ccc(-c3cc[nH]c3)nn2)C1. The lowest BCUT2D eigenvalue weighted by Gasteiger charge is -2.30. The Hall–Kier alpha value is -1.88. The molecule has 1 unspecified atom stereocenters. The van der Waals surface area contributed by atoms with Crippen LogP contribution in [0.25, 0.3) is 11.3 Å². The minimum atomic E-state index is -0.245. The summed E-state index contributed by atoms with van der Waals surface area (Å²) in [6, 6.07) is 5.90. The minimum Gasteiger partial charge on any atom is -0.391 e. The number of hydrogen-bond acceptors (Lipinski definition) is 4. The molecule has 1 atom stereocenters. The summed E-state index contributed by atoms with van der Waals surface area (Å²) >= 11 is 0. The fourth-order valence-corrected chi connectivity index (χ4v) is 2.29. The number of nitrogens with one attached hydrogen (secondary N) is 1. The lowest BCUT2D eigenvalue weighted by molar-refractivity contribution is 0.154. The second kappa shape index (κ2) is 4.78. The van der Waals surface area contributed by atoms with Crippen molar-refractivity contribution in [1.29, 1.82) is 0 Å². The van der Waals surface area contributed by atoms with Crippen LogP contribution >= 0.6 is 0 Å². The van der Waals surface area contributed by atoms with Gasteiger partial charge in [-0.2, -0.15) is 0 Å². The lowest BCUT2D eigenvalue weighted by Crippen LogP contribution is -2.38. The largest absolute Gasteiger partial charge is 0.391 e. The molecule has 0 aliphatic carbocycles. The summed E-state index contributed by atoms with van der Waals surface area (Å²) in [5.41, 5.74) is 1.89. The third kappa shape index (κ3) is 2.22. The number of rotatable bonds is 2. The Kier molecular flexibility index (Phi) is 2.98. The zero-order valence-corrected chi connectivity index (χ0v) is 10.1. The number of β-amino-alcohol motifs (C(OH)–C–C–N with tert-alkyl or cyclic N) is 1. The highest BCUT2D eigenvalue weighted by atomic mass is 16.3. The van der Waals surface area contributed by atoms with Crippen molar-refractivity contribution in [2.75, 3.05) is 18.0 Å². The Balaban J connectivity index is 1.78. The maximum absolute atomic E-state index is 9.65. The number of piperidine rings is 1. The van der Waals surface area contributed by atoms with Crippen molar-refractivity contribution in [2.24, 2.45) is 0 Å². The molecule has 3 rings (SSSR count). The number of nitrogens with zero attached hydrogens (tertiary/aromatic N) is 3. The van der Waals surface area contributed by atoms with Crippen LogP contribution in [0.1, 0.15) is 12.8 Å². The van der Waals surface area contributed by atoms with Gasteiger partial charge in [-0.3, -0.25) is 0 Å². The van der Waals surface area contributed by atoms with E-state index < -0.39 is 0 Å². The molecule has 0 bridgehead atoms. The number of aromatic nitrogens is 3. The molecule has 0 radical (unpaired) electrons. The highest BCUT2D eigenvalue weighted by Gasteiger charge is 2.19. The molecule has 2 N–H and O–H groups in total. The van der Waals surface area contributed by atoms with Gasteiger partial charge >= 0.3 is 0 Å². The summed E-state index contributed by atoms with van der Waals surface area (Å²) in [5.74, 6) is 0.841. The quantitative estimate of drug-likeness (QED) is 0.838. The molecule has 1 aliphatic rings. The van der Waals surface area contributed by atoms with Crippen molar-refractivity contribution in [1.82, 2.24) is 15.2 Å². The van der Waals surface area contributed by atoms with Crippen LogP contribution in [0.2, 0.25) is 0 Å². The number of aliphatic hydroxyl groups excluding tert-OH is 1. The van der Waals surface area contributed by atoms with E-state index in [1.807, 2.05) is 30.6 Å². The van der Waals surface area contributed by atoms with Crippen LogP contribution in [0.3, 0.4) is 0 Å². The van der Waals surface area contributed by atoms with Crippen LogP contribution in [0, 0.1) is 0 Å². The number of aliphatic hydroxyl groups is 1. The summed E-state index contributed by atoms with van der Waals surface area (Å²) in [6.45, 7) is 1.59. The first-order valence-corrected chi connectivity index (χ1v) is 6.23. The van der Waals surface area contributed by atoms with E-state index in [9.17, 15) is 5.11 Å². The van der Waals surface area contributed by atoms with E-state index in [0.717, 1.165) is 36.5 Å². The highest BCUT2D eigenvalue weighted by Crippen LogP contribution is 2.20. The first-order valence-electron chi connectivity index (χ1n) is 6.23. The van der Waals surface area contributed by atoms with Crippen LogP contribution in [0.4, 0.5) is 5.82 Å². The van der Waals surface area contributed by atoms with Crippen molar-refractivity contribution in [3.8, 4) is 11.3 Å². The minimum absolute atomic E-state index is 0.245. The third-order valence-corrected chi connectivity index (χ3v) is 3.26. The highest BCUT2D eigenvalue weighted by molar-refractivity contribution is 5.58. The molecule has 5 nitrogen and oxygen atoms in total. The van der Waals surface area contributed by atoms with E-state index in [1.54, 1.807) is 0 Å². The molecule has 2 aromatic rings. The van der Waals surface area contributed by atoms with E-state index in [-0.39, 0.29) is 6.10 Å². The third-order valence-electron chi connectivity index (χ3n) is 3.26. The van der Waals surface area contributed by atoms with Crippen molar-refractivity contribution in [3.05, 3.63) is 30.6 Å². The van der Waals surface area contributed by atoms with Gasteiger partial charge in [0.05, 0.1) is 11.8 Å². The van der Waals surface area contributed by atoms with E-state index in [0.29, 0.717) is 6.54 Å². The van der Waals surface area contributed by atoms with E-state index in [4.69, 9.17) is 0 Å². The predicted octanol–water partition coefficient (Wildman–Crippen LogP) is 1.43. The summed E-state index contributed by atoms with van der Waals surface area (Å²) in [4.78, 5) is 5.09. The standard InChI is InChI=1S/C13H16N4O/c18-11-2-1-7-17(9-11)13-4-3-12(15-16-13)10-5-6-14-8-10/h3-6,8,11,14,18H,1-2,7,9H2. The second-order valence-electron chi connectivity index (χ2n) is 4.62. The van der Waals surface area contributed by atoms with E-state index in [1.165, 1.54) is 0 Å². The fourth-order valence-electron chi connectivity index (χ4n) is 2.29. The maximum atomic E-state index is 9.65. The van der Waals surface area contributed by atoms with Gasteiger partial charge in [0.25, 0.3) is 0 Å². The van der Waals surface area contributed by atoms with Crippen molar-refractivity contribution >= 4 is 5.82 Å². The Morgan fingerprint density at radius 1 is 1.28 bits per heavy atom. The van der Waals surface area contributed by atoms with Gasteiger partial charge in [-0.1, -0.05) is 0 Å².